The molecular weight excluding hydrogens is 316 g/mol. The first kappa shape index (κ1) is 16.5. The van der Waals surface area contributed by atoms with Crippen LogP contribution in [0.25, 0.3) is 0 Å². The predicted molar refractivity (Wildman–Crippen MR) is 99.5 cm³/mol. The minimum Gasteiger partial charge on any atom is -0.507 e. The molecule has 2 aromatic rings. The third-order valence-corrected chi connectivity index (χ3v) is 5.60. The molecule has 0 amide bonds. The Morgan fingerprint density at radius 2 is 2.33 bits per heavy atom. The Morgan fingerprint density at radius 3 is 3.08 bits per heavy atom. The van der Waals surface area contributed by atoms with Gasteiger partial charge in [0.1, 0.15) is 16.8 Å². The van der Waals surface area contributed by atoms with E-state index in [4.69, 9.17) is 0 Å². The number of hydrogen-bond acceptors (Lipinski definition) is 4. The van der Waals surface area contributed by atoms with E-state index in [1.54, 1.807) is 23.6 Å². The van der Waals surface area contributed by atoms with E-state index < -0.39 is 0 Å². The zero-order chi connectivity index (χ0) is 17.1. The van der Waals surface area contributed by atoms with Gasteiger partial charge < -0.3 is 5.11 Å². The highest BCUT2D eigenvalue weighted by Crippen LogP contribution is 2.40. The summed E-state index contributed by atoms with van der Waals surface area (Å²) in [6, 6.07) is 7.92. The summed E-state index contributed by atoms with van der Waals surface area (Å²) in [5.74, 6) is 0.897. The molecule has 3 rings (SSSR count). The predicted octanol–water partition coefficient (Wildman–Crippen LogP) is 4.93. The monoisotopic (exact) mass is 336 g/mol. The van der Waals surface area contributed by atoms with Crippen molar-refractivity contribution in [3.05, 3.63) is 58.0 Å². The number of para-hydroxylation sites is 1. The molecule has 1 aromatic carbocycles. The Hall–Kier alpha value is -2.38. The fourth-order valence-corrected chi connectivity index (χ4v) is 4.41. The van der Waals surface area contributed by atoms with Gasteiger partial charge in [0, 0.05) is 16.7 Å². The van der Waals surface area contributed by atoms with Crippen LogP contribution < -0.4 is 0 Å². The van der Waals surface area contributed by atoms with E-state index in [-0.39, 0.29) is 5.75 Å². The number of benzene rings is 1. The largest absolute Gasteiger partial charge is 0.507 e. The van der Waals surface area contributed by atoms with Crippen LogP contribution in [0.1, 0.15) is 40.5 Å². The lowest BCUT2D eigenvalue weighted by Crippen LogP contribution is -2.09. The summed E-state index contributed by atoms with van der Waals surface area (Å²) >= 11 is 1.61. The van der Waals surface area contributed by atoms with Crippen molar-refractivity contribution >= 4 is 22.6 Å². The molecule has 122 valence electrons. The van der Waals surface area contributed by atoms with Crippen LogP contribution >= 0.6 is 11.3 Å². The van der Waals surface area contributed by atoms with Gasteiger partial charge in [-0.25, -0.2) is 4.99 Å². The molecule has 1 heterocycles. The number of nitriles is 1. The second kappa shape index (κ2) is 7.02. The summed E-state index contributed by atoms with van der Waals surface area (Å²) < 4.78 is 0. The van der Waals surface area contributed by atoms with Crippen molar-refractivity contribution in [1.82, 2.24) is 0 Å². The number of thiophene rings is 1. The van der Waals surface area contributed by atoms with E-state index in [2.05, 4.69) is 24.6 Å². The van der Waals surface area contributed by atoms with Gasteiger partial charge in [-0.2, -0.15) is 5.26 Å². The Morgan fingerprint density at radius 1 is 1.50 bits per heavy atom. The van der Waals surface area contributed by atoms with Gasteiger partial charge in [0.15, 0.2) is 0 Å². The zero-order valence-corrected chi connectivity index (χ0v) is 14.6. The van der Waals surface area contributed by atoms with Crippen LogP contribution in [0.15, 0.2) is 35.8 Å². The fraction of sp³-hybridized carbons (Fsp3) is 0.300. The Kier molecular flexibility index (Phi) is 4.82. The first-order valence-corrected chi connectivity index (χ1v) is 8.96. The molecule has 0 bridgehead atoms. The standard InChI is InChI=1S/C20H20N2OS/c1-3-5-14-6-4-7-15(19(14)23)12-22-20-17(11-21)16-9-8-13(2)10-18(16)24-20/h3-4,6-7,12-13,23H,1,5,8-10H2,2H3/t13-/m0/s1. The van der Waals surface area contributed by atoms with Crippen molar-refractivity contribution in [3.8, 4) is 11.8 Å². The number of aliphatic imine (C=N–C) groups is 1. The lowest BCUT2D eigenvalue weighted by Gasteiger charge is -2.17. The number of aromatic hydroxyl groups is 1. The number of phenols is 1. The number of nitrogens with zero attached hydrogens (tertiary/aromatic N) is 2. The van der Waals surface area contributed by atoms with E-state index in [1.807, 2.05) is 18.2 Å². The van der Waals surface area contributed by atoms with Crippen molar-refractivity contribution in [1.29, 1.82) is 5.26 Å². The summed E-state index contributed by atoms with van der Waals surface area (Å²) in [6.45, 7) is 5.96. The molecule has 0 aliphatic heterocycles. The summed E-state index contributed by atoms with van der Waals surface area (Å²) in [4.78, 5) is 5.82. The van der Waals surface area contributed by atoms with Crippen LogP contribution in [-0.4, -0.2) is 11.3 Å². The molecule has 0 saturated carbocycles. The van der Waals surface area contributed by atoms with Crippen LogP contribution in [0.2, 0.25) is 0 Å². The number of hydrogen-bond donors (Lipinski definition) is 1. The molecule has 0 fully saturated rings. The molecule has 1 aromatic heterocycles. The molecule has 1 N–H and O–H groups in total. The van der Waals surface area contributed by atoms with Crippen LogP contribution in [-0.2, 0) is 19.3 Å². The van der Waals surface area contributed by atoms with Gasteiger partial charge in [-0.05, 0) is 48.8 Å². The molecule has 0 radical (unpaired) electrons. The molecule has 0 spiro atoms. The normalized spacial score (nSPS) is 16.8. The number of rotatable bonds is 4. The van der Waals surface area contributed by atoms with E-state index >= 15 is 0 Å². The maximum Gasteiger partial charge on any atom is 0.134 e. The van der Waals surface area contributed by atoms with Crippen LogP contribution in [0, 0.1) is 17.2 Å². The van der Waals surface area contributed by atoms with Gasteiger partial charge in [-0.3, -0.25) is 0 Å². The molecule has 4 heteroatoms. The van der Waals surface area contributed by atoms with Crippen LogP contribution in [0.5, 0.6) is 5.75 Å². The van der Waals surface area contributed by atoms with Crippen molar-refractivity contribution in [2.45, 2.75) is 32.6 Å². The third-order valence-electron chi connectivity index (χ3n) is 4.44. The minimum absolute atomic E-state index is 0.231. The Bertz CT molecular complexity index is 842. The van der Waals surface area contributed by atoms with E-state index in [1.165, 1.54) is 10.4 Å². The number of allylic oxidation sites excluding steroid dienone is 1. The maximum absolute atomic E-state index is 10.3. The van der Waals surface area contributed by atoms with Gasteiger partial charge in [-0.1, -0.05) is 25.1 Å². The summed E-state index contributed by atoms with van der Waals surface area (Å²) in [6.07, 6.45) is 7.16. The van der Waals surface area contributed by atoms with Crippen molar-refractivity contribution in [2.24, 2.45) is 10.9 Å². The molecular formula is C20H20N2OS. The lowest BCUT2D eigenvalue weighted by molar-refractivity contribution is 0.469. The highest BCUT2D eigenvalue weighted by molar-refractivity contribution is 7.16. The van der Waals surface area contributed by atoms with Crippen molar-refractivity contribution in [2.75, 3.05) is 0 Å². The third kappa shape index (κ3) is 3.13. The van der Waals surface area contributed by atoms with Gasteiger partial charge in [0.2, 0.25) is 0 Å². The quantitative estimate of drug-likeness (QED) is 0.636. The average Bonchev–Trinajstić information content (AvgIpc) is 2.92. The van der Waals surface area contributed by atoms with Crippen LogP contribution in [0.4, 0.5) is 5.00 Å². The summed E-state index contributed by atoms with van der Waals surface area (Å²) in [5, 5.41) is 20.6. The molecule has 1 aliphatic carbocycles. The highest BCUT2D eigenvalue weighted by atomic mass is 32.1. The summed E-state index contributed by atoms with van der Waals surface area (Å²) in [7, 11) is 0. The molecule has 0 saturated heterocycles. The second-order valence-electron chi connectivity index (χ2n) is 6.25. The topological polar surface area (TPSA) is 56.4 Å². The van der Waals surface area contributed by atoms with Crippen molar-refractivity contribution in [3.63, 3.8) is 0 Å². The molecule has 1 aliphatic rings. The minimum atomic E-state index is 0.231. The second-order valence-corrected chi connectivity index (χ2v) is 7.33. The SMILES string of the molecule is C=CCc1cccc(C=Nc2sc3c(c2C#N)CC[C@H](C)C3)c1O. The summed E-state index contributed by atoms with van der Waals surface area (Å²) in [5.41, 5.74) is 3.38. The van der Waals surface area contributed by atoms with Crippen molar-refractivity contribution < 1.29 is 5.11 Å². The maximum atomic E-state index is 10.3. The lowest BCUT2D eigenvalue weighted by atomic mass is 9.89. The first-order valence-electron chi connectivity index (χ1n) is 8.14. The molecule has 0 unspecified atom stereocenters. The van der Waals surface area contributed by atoms with Gasteiger partial charge in [-0.15, -0.1) is 17.9 Å². The van der Waals surface area contributed by atoms with Gasteiger partial charge >= 0.3 is 0 Å². The zero-order valence-electron chi connectivity index (χ0n) is 13.7. The molecule has 1 atom stereocenters. The smallest absolute Gasteiger partial charge is 0.134 e. The van der Waals surface area contributed by atoms with Crippen LogP contribution in [0.3, 0.4) is 0 Å². The Balaban J connectivity index is 1.95. The van der Waals surface area contributed by atoms with E-state index in [0.717, 1.165) is 29.8 Å². The number of fused-ring (bicyclic) bond motifs is 1. The first-order chi connectivity index (χ1) is 11.6. The highest BCUT2D eigenvalue weighted by Gasteiger charge is 2.23. The molecule has 24 heavy (non-hydrogen) atoms. The van der Waals surface area contributed by atoms with E-state index in [0.29, 0.717) is 23.5 Å². The molecule has 3 nitrogen and oxygen atoms in total. The van der Waals surface area contributed by atoms with Gasteiger partial charge in [0.25, 0.3) is 0 Å². The van der Waals surface area contributed by atoms with Gasteiger partial charge in [0.05, 0.1) is 5.56 Å². The van der Waals surface area contributed by atoms with E-state index in [9.17, 15) is 10.4 Å². The average molecular weight is 336 g/mol. The number of phenolic OH excluding ortho intramolecular Hbond substituents is 1. The fourth-order valence-electron chi connectivity index (χ4n) is 3.11. The Labute approximate surface area is 146 Å².